The molecule has 30 heavy (non-hydrogen) atoms. The van der Waals surface area contributed by atoms with Gasteiger partial charge in [-0.3, -0.25) is 9.59 Å². The summed E-state index contributed by atoms with van der Waals surface area (Å²) in [5, 5.41) is 10.3. The highest BCUT2D eigenvalue weighted by atomic mass is 16.6. The molecule has 1 aromatic heterocycles. The minimum absolute atomic E-state index is 0.0215. The Kier molecular flexibility index (Phi) is 5.34. The third kappa shape index (κ3) is 3.95. The lowest BCUT2D eigenvalue weighted by molar-refractivity contribution is -0.121. The zero-order chi connectivity index (χ0) is 21.1. The summed E-state index contributed by atoms with van der Waals surface area (Å²) in [5.41, 5.74) is 2.98. The number of hydrogen-bond acceptors (Lipinski definition) is 7. The summed E-state index contributed by atoms with van der Waals surface area (Å²) in [6, 6.07) is 12.0. The van der Waals surface area contributed by atoms with Crippen LogP contribution in [-0.4, -0.2) is 35.3 Å². The first-order valence-electron chi connectivity index (χ1n) is 9.44. The highest BCUT2D eigenvalue weighted by Crippen LogP contribution is 2.34. The first-order chi connectivity index (χ1) is 14.5. The van der Waals surface area contributed by atoms with E-state index in [4.69, 9.17) is 9.47 Å². The number of carbonyl (C=O) groups is 2. The Bertz CT molecular complexity index is 1080. The fourth-order valence-corrected chi connectivity index (χ4v) is 3.06. The predicted octanol–water partition coefficient (Wildman–Crippen LogP) is 2.95. The lowest BCUT2D eigenvalue weighted by Gasteiger charge is -2.28. The van der Waals surface area contributed by atoms with E-state index in [2.05, 4.69) is 20.3 Å². The number of aryl methyl sites for hydroxylation is 1. The summed E-state index contributed by atoms with van der Waals surface area (Å²) in [7, 11) is 0. The molecule has 1 N–H and O–H groups in total. The number of anilines is 2. The van der Waals surface area contributed by atoms with Crippen molar-refractivity contribution in [1.29, 1.82) is 0 Å². The van der Waals surface area contributed by atoms with E-state index in [1.54, 1.807) is 54.3 Å². The van der Waals surface area contributed by atoms with Crippen molar-refractivity contribution < 1.29 is 23.7 Å². The summed E-state index contributed by atoms with van der Waals surface area (Å²) in [6.07, 6.45) is 0. The zero-order valence-corrected chi connectivity index (χ0v) is 16.5. The molecule has 1 aliphatic rings. The maximum atomic E-state index is 12.6. The van der Waals surface area contributed by atoms with Gasteiger partial charge < -0.3 is 19.7 Å². The molecule has 4 rings (SSSR count). The quantitative estimate of drug-likeness (QED) is 0.668. The SMILES string of the molecule is CCN1C(=O)COc2ccc(NC(=O)c3ccc(OCc4nonc4C)cc3)cc21. The molecule has 0 saturated heterocycles. The van der Waals surface area contributed by atoms with Gasteiger partial charge in [-0.25, -0.2) is 4.63 Å². The summed E-state index contributed by atoms with van der Waals surface area (Å²) in [5.74, 6) is 0.829. The Morgan fingerprint density at radius 1 is 1.20 bits per heavy atom. The maximum Gasteiger partial charge on any atom is 0.265 e. The standard InChI is InChI=1S/C21H20N4O5/c1-3-25-18-10-15(6-9-19(18)29-12-20(25)26)22-21(27)14-4-7-16(8-5-14)28-11-17-13(2)23-30-24-17/h4-10H,3,11-12H2,1-2H3,(H,22,27). The van der Waals surface area contributed by atoms with Crippen LogP contribution in [0.1, 0.15) is 28.7 Å². The van der Waals surface area contributed by atoms with Gasteiger partial charge in [-0.2, -0.15) is 0 Å². The highest BCUT2D eigenvalue weighted by molar-refractivity contribution is 6.05. The molecule has 3 aromatic rings. The van der Waals surface area contributed by atoms with Crippen molar-refractivity contribution >= 4 is 23.2 Å². The van der Waals surface area contributed by atoms with Gasteiger partial charge in [0.2, 0.25) is 0 Å². The van der Waals surface area contributed by atoms with E-state index >= 15 is 0 Å². The molecule has 1 aliphatic heterocycles. The molecule has 9 nitrogen and oxygen atoms in total. The fraction of sp³-hybridized carbons (Fsp3) is 0.238. The number of likely N-dealkylation sites (N-methyl/N-ethyl adjacent to an activating group) is 1. The summed E-state index contributed by atoms with van der Waals surface area (Å²) >= 11 is 0. The molecule has 0 bridgehead atoms. The van der Waals surface area contributed by atoms with Crippen LogP contribution in [0.4, 0.5) is 11.4 Å². The zero-order valence-electron chi connectivity index (χ0n) is 16.5. The maximum absolute atomic E-state index is 12.6. The number of nitrogens with one attached hydrogen (secondary N) is 1. The minimum atomic E-state index is -0.274. The Hall–Kier alpha value is -3.88. The van der Waals surface area contributed by atoms with Crippen LogP contribution in [0, 0.1) is 6.92 Å². The van der Waals surface area contributed by atoms with Crippen molar-refractivity contribution in [3.8, 4) is 11.5 Å². The molecule has 2 heterocycles. The number of amides is 2. The topological polar surface area (TPSA) is 107 Å². The molecule has 154 valence electrons. The second kappa shape index (κ2) is 8.24. The number of rotatable bonds is 6. The number of nitrogens with zero attached hydrogens (tertiary/aromatic N) is 3. The molecule has 2 amide bonds. The first-order valence-corrected chi connectivity index (χ1v) is 9.44. The minimum Gasteiger partial charge on any atom is -0.487 e. The smallest absolute Gasteiger partial charge is 0.265 e. The lowest BCUT2D eigenvalue weighted by atomic mass is 10.1. The summed E-state index contributed by atoms with van der Waals surface area (Å²) in [4.78, 5) is 26.2. The van der Waals surface area contributed by atoms with Crippen molar-refractivity contribution in [2.45, 2.75) is 20.5 Å². The molecule has 0 atom stereocenters. The van der Waals surface area contributed by atoms with Crippen LogP contribution < -0.4 is 19.7 Å². The van der Waals surface area contributed by atoms with E-state index in [0.717, 1.165) is 0 Å². The third-order valence-electron chi connectivity index (χ3n) is 4.71. The third-order valence-corrected chi connectivity index (χ3v) is 4.71. The van der Waals surface area contributed by atoms with Crippen LogP contribution in [0.5, 0.6) is 11.5 Å². The molecule has 0 aliphatic carbocycles. The summed E-state index contributed by atoms with van der Waals surface area (Å²) < 4.78 is 15.7. The molecule has 9 heteroatoms. The highest BCUT2D eigenvalue weighted by Gasteiger charge is 2.24. The van der Waals surface area contributed by atoms with Crippen LogP contribution in [0.25, 0.3) is 0 Å². The van der Waals surface area contributed by atoms with Crippen LogP contribution in [-0.2, 0) is 11.4 Å². The van der Waals surface area contributed by atoms with Gasteiger partial charge in [-0.05, 0) is 56.3 Å². The van der Waals surface area contributed by atoms with Gasteiger partial charge in [0.05, 0.1) is 5.69 Å². The Morgan fingerprint density at radius 3 is 2.70 bits per heavy atom. The second-order valence-corrected chi connectivity index (χ2v) is 6.67. The monoisotopic (exact) mass is 408 g/mol. The predicted molar refractivity (Wildman–Crippen MR) is 108 cm³/mol. The van der Waals surface area contributed by atoms with E-state index in [0.29, 0.717) is 46.4 Å². The van der Waals surface area contributed by atoms with E-state index in [1.165, 1.54) is 0 Å². The van der Waals surface area contributed by atoms with Gasteiger partial charge >= 0.3 is 0 Å². The van der Waals surface area contributed by atoms with Gasteiger partial charge in [0, 0.05) is 17.8 Å². The van der Waals surface area contributed by atoms with Gasteiger partial charge in [0.25, 0.3) is 11.8 Å². The number of hydrogen-bond donors (Lipinski definition) is 1. The molecule has 0 fully saturated rings. The Balaban J connectivity index is 1.42. The number of aromatic nitrogens is 2. The molecular weight excluding hydrogens is 388 g/mol. The molecule has 2 aromatic carbocycles. The van der Waals surface area contributed by atoms with Crippen LogP contribution in [0.15, 0.2) is 47.1 Å². The molecular formula is C21H20N4O5. The number of ether oxygens (including phenoxy) is 2. The van der Waals surface area contributed by atoms with Gasteiger partial charge in [-0.1, -0.05) is 10.3 Å². The normalized spacial score (nSPS) is 12.9. The van der Waals surface area contributed by atoms with Crippen LogP contribution >= 0.6 is 0 Å². The number of carbonyl (C=O) groups excluding carboxylic acids is 2. The van der Waals surface area contributed by atoms with Crippen LogP contribution in [0.3, 0.4) is 0 Å². The van der Waals surface area contributed by atoms with Gasteiger partial charge in [0.15, 0.2) is 6.61 Å². The van der Waals surface area contributed by atoms with Crippen molar-refractivity contribution in [2.24, 2.45) is 0 Å². The van der Waals surface area contributed by atoms with Crippen molar-refractivity contribution in [3.05, 3.63) is 59.4 Å². The van der Waals surface area contributed by atoms with E-state index in [-0.39, 0.29) is 25.0 Å². The Labute approximate surface area is 172 Å². The van der Waals surface area contributed by atoms with E-state index in [1.807, 2.05) is 6.92 Å². The van der Waals surface area contributed by atoms with Crippen molar-refractivity contribution in [3.63, 3.8) is 0 Å². The molecule has 0 radical (unpaired) electrons. The Morgan fingerprint density at radius 2 is 2.00 bits per heavy atom. The average molecular weight is 408 g/mol. The largest absolute Gasteiger partial charge is 0.487 e. The number of benzene rings is 2. The first kappa shape index (κ1) is 19.4. The lowest BCUT2D eigenvalue weighted by Crippen LogP contribution is -2.38. The van der Waals surface area contributed by atoms with Gasteiger partial charge in [-0.15, -0.1) is 0 Å². The van der Waals surface area contributed by atoms with Crippen molar-refractivity contribution in [2.75, 3.05) is 23.4 Å². The van der Waals surface area contributed by atoms with E-state index < -0.39 is 0 Å². The van der Waals surface area contributed by atoms with Crippen molar-refractivity contribution in [1.82, 2.24) is 10.3 Å². The fourth-order valence-electron chi connectivity index (χ4n) is 3.06. The average Bonchev–Trinajstić information content (AvgIpc) is 3.17. The molecule has 0 spiro atoms. The van der Waals surface area contributed by atoms with E-state index in [9.17, 15) is 9.59 Å². The van der Waals surface area contributed by atoms with Crippen LogP contribution in [0.2, 0.25) is 0 Å². The molecule has 0 unspecified atom stereocenters. The number of fused-ring (bicyclic) bond motifs is 1. The summed E-state index contributed by atoms with van der Waals surface area (Å²) in [6.45, 7) is 4.45. The molecule has 0 saturated carbocycles. The second-order valence-electron chi connectivity index (χ2n) is 6.67. The van der Waals surface area contributed by atoms with Gasteiger partial charge in [0.1, 0.15) is 29.5 Å².